The number of nitrogens with one attached hydrogen (secondary N) is 1. The van der Waals surface area contributed by atoms with Crippen LogP contribution in [0.1, 0.15) is 18.4 Å². The fourth-order valence-corrected chi connectivity index (χ4v) is 1.58. The molecule has 1 aromatic carbocycles. The lowest BCUT2D eigenvalue weighted by Gasteiger charge is -2.10. The summed E-state index contributed by atoms with van der Waals surface area (Å²) in [6.07, 6.45) is 10.7. The van der Waals surface area contributed by atoms with E-state index < -0.39 is 0 Å². The van der Waals surface area contributed by atoms with Gasteiger partial charge in [0.25, 0.3) is 0 Å². The van der Waals surface area contributed by atoms with Gasteiger partial charge in [-0.2, -0.15) is 0 Å². The summed E-state index contributed by atoms with van der Waals surface area (Å²) in [4.78, 5) is 0. The van der Waals surface area contributed by atoms with Crippen molar-refractivity contribution in [3.05, 3.63) is 60.3 Å². The van der Waals surface area contributed by atoms with Crippen LogP contribution in [0.25, 0.3) is 6.08 Å². The first kappa shape index (κ1) is 9.78. The summed E-state index contributed by atoms with van der Waals surface area (Å²) in [5.41, 5.74) is 3.46. The van der Waals surface area contributed by atoms with E-state index in [1.54, 1.807) is 0 Å². The molecule has 1 aliphatic rings. The van der Waals surface area contributed by atoms with E-state index in [4.69, 9.17) is 0 Å². The second kappa shape index (κ2) is 4.65. The molecule has 1 aromatic rings. The molecule has 0 radical (unpaired) electrons. The normalized spacial score (nSPS) is 14.5. The Balaban J connectivity index is 2.07. The number of rotatable bonds is 3. The lowest BCUT2D eigenvalue weighted by atomic mass is 10.1. The zero-order chi connectivity index (χ0) is 10.5. The molecule has 1 heteroatoms. The zero-order valence-electron chi connectivity index (χ0n) is 8.74. The smallest absolute Gasteiger partial charge is 0.0384 e. The summed E-state index contributed by atoms with van der Waals surface area (Å²) in [7, 11) is 0. The lowest BCUT2D eigenvalue weighted by Crippen LogP contribution is -1.98. The Hall–Kier alpha value is -1.76. The topological polar surface area (TPSA) is 12.0 Å². The number of anilines is 1. The van der Waals surface area contributed by atoms with Crippen LogP contribution in [0.2, 0.25) is 0 Å². The average molecular weight is 197 g/mol. The molecule has 76 valence electrons. The first-order valence-corrected chi connectivity index (χ1v) is 5.25. The fraction of sp³-hybridized carbons (Fsp3) is 0.143. The Morgan fingerprint density at radius 3 is 2.53 bits per heavy atom. The highest BCUT2D eigenvalue weighted by molar-refractivity contribution is 5.56. The first-order chi connectivity index (χ1) is 7.38. The van der Waals surface area contributed by atoms with Gasteiger partial charge in [-0.3, -0.25) is 0 Å². The van der Waals surface area contributed by atoms with Crippen molar-refractivity contribution in [2.75, 3.05) is 5.32 Å². The van der Waals surface area contributed by atoms with E-state index >= 15 is 0 Å². The molecule has 0 unspecified atom stereocenters. The van der Waals surface area contributed by atoms with Gasteiger partial charge in [-0.05, 0) is 36.6 Å². The van der Waals surface area contributed by atoms with Crippen LogP contribution in [0.3, 0.4) is 0 Å². The molecule has 1 N–H and O–H groups in total. The van der Waals surface area contributed by atoms with E-state index in [2.05, 4.69) is 54.4 Å². The van der Waals surface area contributed by atoms with Crippen LogP contribution in [-0.4, -0.2) is 0 Å². The highest BCUT2D eigenvalue weighted by Crippen LogP contribution is 2.16. The molecule has 2 rings (SSSR count). The molecule has 0 heterocycles. The molecule has 1 nitrogen and oxygen atoms in total. The Morgan fingerprint density at radius 1 is 1.13 bits per heavy atom. The Morgan fingerprint density at radius 2 is 1.93 bits per heavy atom. The lowest BCUT2D eigenvalue weighted by molar-refractivity contribution is 1.02. The second-order valence-electron chi connectivity index (χ2n) is 3.59. The third kappa shape index (κ3) is 2.59. The van der Waals surface area contributed by atoms with Crippen molar-refractivity contribution < 1.29 is 0 Å². The van der Waals surface area contributed by atoms with Crippen molar-refractivity contribution in [1.29, 1.82) is 0 Å². The molecule has 1 aliphatic carbocycles. The van der Waals surface area contributed by atoms with E-state index in [0.717, 1.165) is 24.1 Å². The predicted octanol–water partition coefficient (Wildman–Crippen LogP) is 3.98. The summed E-state index contributed by atoms with van der Waals surface area (Å²) in [5.74, 6) is 0. The van der Waals surface area contributed by atoms with E-state index in [9.17, 15) is 0 Å². The summed E-state index contributed by atoms with van der Waals surface area (Å²) >= 11 is 0. The van der Waals surface area contributed by atoms with Crippen LogP contribution < -0.4 is 5.32 Å². The minimum absolute atomic E-state index is 1.12. The highest BCUT2D eigenvalue weighted by atomic mass is 14.9. The monoisotopic (exact) mass is 197 g/mol. The largest absolute Gasteiger partial charge is 0.356 e. The van der Waals surface area contributed by atoms with Gasteiger partial charge in [0.1, 0.15) is 0 Å². The SMILES string of the molecule is C=Cc1ccc(NC2=CCCC=C2)cc1. The first-order valence-electron chi connectivity index (χ1n) is 5.25. The Kier molecular flexibility index (Phi) is 3.03. The fourth-order valence-electron chi connectivity index (χ4n) is 1.58. The summed E-state index contributed by atoms with van der Waals surface area (Å²) in [6.45, 7) is 3.73. The van der Waals surface area contributed by atoms with Crippen LogP contribution >= 0.6 is 0 Å². The quantitative estimate of drug-likeness (QED) is 0.773. The van der Waals surface area contributed by atoms with Gasteiger partial charge in [-0.25, -0.2) is 0 Å². The van der Waals surface area contributed by atoms with Crippen molar-refractivity contribution in [3.63, 3.8) is 0 Å². The minimum Gasteiger partial charge on any atom is -0.356 e. The molecule has 0 bridgehead atoms. The van der Waals surface area contributed by atoms with Crippen LogP contribution in [0, 0.1) is 0 Å². The van der Waals surface area contributed by atoms with Crippen molar-refractivity contribution in [1.82, 2.24) is 0 Å². The van der Waals surface area contributed by atoms with Gasteiger partial charge in [0, 0.05) is 11.4 Å². The maximum absolute atomic E-state index is 3.73. The predicted molar refractivity (Wildman–Crippen MR) is 66.6 cm³/mol. The molecule has 0 saturated heterocycles. The summed E-state index contributed by atoms with van der Waals surface area (Å²) in [6, 6.07) is 8.26. The second-order valence-corrected chi connectivity index (χ2v) is 3.59. The molecule has 0 fully saturated rings. The number of benzene rings is 1. The molecule has 0 spiro atoms. The molecule has 0 saturated carbocycles. The van der Waals surface area contributed by atoms with Crippen LogP contribution in [0.5, 0.6) is 0 Å². The average Bonchev–Trinajstić information content (AvgIpc) is 2.31. The highest BCUT2D eigenvalue weighted by Gasteiger charge is 1.97. The van der Waals surface area contributed by atoms with E-state index in [0.29, 0.717) is 0 Å². The van der Waals surface area contributed by atoms with Crippen molar-refractivity contribution in [2.24, 2.45) is 0 Å². The Bertz CT molecular complexity index is 396. The summed E-state index contributed by atoms with van der Waals surface area (Å²) in [5, 5.41) is 3.37. The third-order valence-electron chi connectivity index (χ3n) is 2.43. The van der Waals surface area contributed by atoms with Crippen molar-refractivity contribution >= 4 is 11.8 Å². The maximum atomic E-state index is 3.73. The van der Waals surface area contributed by atoms with Gasteiger partial charge >= 0.3 is 0 Å². The van der Waals surface area contributed by atoms with Crippen LogP contribution in [0.4, 0.5) is 5.69 Å². The van der Waals surface area contributed by atoms with E-state index in [1.165, 1.54) is 5.70 Å². The standard InChI is InChI=1S/C14H15N/c1-2-12-8-10-14(11-9-12)15-13-6-4-3-5-7-13/h2,4,6-11,15H,1,3,5H2. The maximum Gasteiger partial charge on any atom is 0.0384 e. The molecule has 15 heavy (non-hydrogen) atoms. The van der Waals surface area contributed by atoms with Gasteiger partial charge in [0.05, 0.1) is 0 Å². The third-order valence-corrected chi connectivity index (χ3v) is 2.43. The van der Waals surface area contributed by atoms with E-state index in [-0.39, 0.29) is 0 Å². The van der Waals surface area contributed by atoms with Gasteiger partial charge in [0.2, 0.25) is 0 Å². The van der Waals surface area contributed by atoms with Gasteiger partial charge in [0.15, 0.2) is 0 Å². The molecule has 0 amide bonds. The van der Waals surface area contributed by atoms with Gasteiger partial charge in [-0.15, -0.1) is 0 Å². The van der Waals surface area contributed by atoms with Gasteiger partial charge in [-0.1, -0.05) is 36.9 Å². The van der Waals surface area contributed by atoms with E-state index in [1.807, 2.05) is 6.08 Å². The van der Waals surface area contributed by atoms with Gasteiger partial charge < -0.3 is 5.32 Å². The number of allylic oxidation sites excluding steroid dienone is 3. The van der Waals surface area contributed by atoms with Crippen molar-refractivity contribution in [2.45, 2.75) is 12.8 Å². The number of hydrogen-bond donors (Lipinski definition) is 1. The zero-order valence-corrected chi connectivity index (χ0v) is 8.74. The molecule has 0 atom stereocenters. The minimum atomic E-state index is 1.12. The molecule has 0 aliphatic heterocycles. The number of hydrogen-bond acceptors (Lipinski definition) is 1. The summed E-state index contributed by atoms with van der Waals surface area (Å²) < 4.78 is 0. The molecule has 0 aromatic heterocycles. The Labute approximate surface area is 90.8 Å². The molecular formula is C14H15N. The van der Waals surface area contributed by atoms with Crippen LogP contribution in [0.15, 0.2) is 54.8 Å². The van der Waals surface area contributed by atoms with Crippen LogP contribution in [-0.2, 0) is 0 Å². The molecular weight excluding hydrogens is 182 g/mol. The van der Waals surface area contributed by atoms with Crippen molar-refractivity contribution in [3.8, 4) is 0 Å².